The summed E-state index contributed by atoms with van der Waals surface area (Å²) in [6.07, 6.45) is 3.76. The van der Waals surface area contributed by atoms with Crippen LogP contribution in [-0.4, -0.2) is 89.9 Å². The van der Waals surface area contributed by atoms with Gasteiger partial charge < -0.3 is 31.9 Å². The molecule has 0 bridgehead atoms. The molecule has 10 nitrogen and oxygen atoms in total. The summed E-state index contributed by atoms with van der Waals surface area (Å²) < 4.78 is 0. The molecule has 0 aromatic heterocycles. The number of hydrogen-bond acceptors (Lipinski definition) is 7. The molecule has 1 aliphatic heterocycles. The normalized spacial score (nSPS) is 15.9. The third-order valence-electron chi connectivity index (χ3n) is 8.59. The maximum absolute atomic E-state index is 14.0. The fraction of sp³-hybridized carbons (Fsp3) is 0.579. The van der Waals surface area contributed by atoms with Crippen molar-refractivity contribution >= 4 is 35.4 Å². The van der Waals surface area contributed by atoms with Crippen molar-refractivity contribution in [3.8, 4) is 0 Å². The molecule has 1 unspecified atom stereocenters. The molecule has 11 heteroatoms. The third kappa shape index (κ3) is 14.9. The molecule has 1 saturated heterocycles. The summed E-state index contributed by atoms with van der Waals surface area (Å²) in [5, 5.41) is 12.3. The lowest BCUT2D eigenvalue weighted by molar-refractivity contribution is -0.138. The molecule has 2 aromatic carbocycles. The van der Waals surface area contributed by atoms with Gasteiger partial charge in [-0.3, -0.25) is 19.2 Å². The van der Waals surface area contributed by atoms with Crippen molar-refractivity contribution in [2.24, 2.45) is 11.7 Å². The molecule has 4 amide bonds. The first kappa shape index (κ1) is 40.0. The molecule has 1 heterocycles. The number of benzene rings is 2. The molecule has 0 spiro atoms. The first-order chi connectivity index (χ1) is 23.5. The summed E-state index contributed by atoms with van der Waals surface area (Å²) in [4.78, 5) is 56.9. The second-order valence-corrected chi connectivity index (χ2v) is 14.9. The maximum Gasteiger partial charge on any atom is 0.245 e. The van der Waals surface area contributed by atoms with E-state index in [1.54, 1.807) is 0 Å². The first-order valence-corrected chi connectivity index (χ1v) is 19.0. The largest absolute Gasteiger partial charge is 0.343 e. The van der Waals surface area contributed by atoms with Crippen LogP contribution < -0.4 is 27.0 Å². The van der Waals surface area contributed by atoms with Crippen LogP contribution in [0.1, 0.15) is 70.9 Å². The molecule has 6 N–H and O–H groups in total. The molecular weight excluding hydrogens is 637 g/mol. The van der Waals surface area contributed by atoms with Crippen molar-refractivity contribution in [3.05, 3.63) is 71.8 Å². The number of nitrogens with one attached hydrogen (secondary N) is 4. The highest BCUT2D eigenvalue weighted by Gasteiger charge is 2.32. The molecular formula is C38H58N6O4S. The van der Waals surface area contributed by atoms with Gasteiger partial charge in [0.2, 0.25) is 23.6 Å². The van der Waals surface area contributed by atoms with Gasteiger partial charge >= 0.3 is 0 Å². The fourth-order valence-corrected chi connectivity index (χ4v) is 6.64. The van der Waals surface area contributed by atoms with Crippen LogP contribution in [-0.2, 0) is 32.0 Å². The van der Waals surface area contributed by atoms with E-state index in [0.29, 0.717) is 44.8 Å². The predicted molar refractivity (Wildman–Crippen MR) is 199 cm³/mol. The summed E-state index contributed by atoms with van der Waals surface area (Å²) in [5.41, 5.74) is 8.07. The number of rotatable bonds is 19. The van der Waals surface area contributed by atoms with Crippen molar-refractivity contribution in [3.63, 3.8) is 0 Å². The number of carbonyl (C=O) groups is 4. The zero-order valence-corrected chi connectivity index (χ0v) is 30.6. The van der Waals surface area contributed by atoms with Crippen LogP contribution in [0.4, 0.5) is 0 Å². The topological polar surface area (TPSA) is 146 Å². The Labute approximate surface area is 297 Å². The van der Waals surface area contributed by atoms with E-state index in [2.05, 4.69) is 49.0 Å². The van der Waals surface area contributed by atoms with Crippen LogP contribution in [0.3, 0.4) is 0 Å². The number of amides is 4. The van der Waals surface area contributed by atoms with E-state index in [0.717, 1.165) is 42.0 Å². The minimum absolute atomic E-state index is 0.0732. The highest BCUT2D eigenvalue weighted by atomic mass is 32.2. The van der Waals surface area contributed by atoms with Gasteiger partial charge in [0.15, 0.2) is 0 Å². The highest BCUT2D eigenvalue weighted by Crippen LogP contribution is 2.14. The fourth-order valence-electron chi connectivity index (χ4n) is 5.75. The Bertz CT molecular complexity index is 1290. The minimum atomic E-state index is -0.958. The first-order valence-electron chi connectivity index (χ1n) is 17.9. The van der Waals surface area contributed by atoms with Gasteiger partial charge in [-0.25, -0.2) is 0 Å². The summed E-state index contributed by atoms with van der Waals surface area (Å²) >= 11 is 1.84. The van der Waals surface area contributed by atoms with E-state index in [1.807, 2.05) is 77.3 Å². The second-order valence-electron chi connectivity index (χ2n) is 13.7. The van der Waals surface area contributed by atoms with Crippen LogP contribution in [0.2, 0.25) is 0 Å². The Morgan fingerprint density at radius 1 is 0.714 bits per heavy atom. The van der Waals surface area contributed by atoms with Gasteiger partial charge in [-0.2, -0.15) is 11.8 Å². The van der Waals surface area contributed by atoms with Crippen LogP contribution in [0.5, 0.6) is 0 Å². The summed E-state index contributed by atoms with van der Waals surface area (Å²) in [7, 11) is 0. The van der Waals surface area contributed by atoms with E-state index in [4.69, 9.17) is 5.73 Å². The minimum Gasteiger partial charge on any atom is -0.343 e. The van der Waals surface area contributed by atoms with E-state index in [1.165, 1.54) is 0 Å². The van der Waals surface area contributed by atoms with Crippen LogP contribution in [0, 0.1) is 5.92 Å². The Hall–Kier alpha value is -3.41. The lowest BCUT2D eigenvalue weighted by atomic mass is 10.00. The molecule has 270 valence electrons. The van der Waals surface area contributed by atoms with Crippen molar-refractivity contribution in [1.29, 1.82) is 0 Å². The Kier molecular flexibility index (Phi) is 17.7. The smallest absolute Gasteiger partial charge is 0.245 e. The van der Waals surface area contributed by atoms with Gasteiger partial charge in [-0.05, 0) is 67.9 Å². The SMILES string of the molecule is CC(C)CCC(NC(=O)[C@@H](Cc1ccccc1)NC(=O)[C@H](N)Cc1ccccc1)C(=O)N[C@H](CCCNC(C)C)C(=O)N1CCCSCC1. The van der Waals surface area contributed by atoms with E-state index in [-0.39, 0.29) is 24.2 Å². The highest BCUT2D eigenvalue weighted by molar-refractivity contribution is 7.99. The standard InChI is InChI=1S/C38H58N6O4S/c1-27(2)18-19-32(36(46)42-33(17-11-20-40-28(3)4)38(48)44-21-12-23-49-24-22-44)41-37(47)34(26-30-15-9-6-10-16-30)43-35(45)31(39)25-29-13-7-5-8-14-29/h5-10,13-16,27-28,31-34,40H,11-12,17-26,39H2,1-4H3,(H,41,47)(H,42,46)(H,43,45)/t31-,32?,33-,34-/m1/s1. The molecule has 0 aliphatic carbocycles. The lowest BCUT2D eigenvalue weighted by Crippen LogP contribution is -2.58. The Morgan fingerprint density at radius 3 is 1.94 bits per heavy atom. The molecule has 1 fully saturated rings. The van der Waals surface area contributed by atoms with Gasteiger partial charge in [0.25, 0.3) is 0 Å². The molecule has 2 aromatic rings. The van der Waals surface area contributed by atoms with Crippen LogP contribution in [0.15, 0.2) is 60.7 Å². The van der Waals surface area contributed by atoms with Gasteiger partial charge in [-0.1, -0.05) is 88.4 Å². The van der Waals surface area contributed by atoms with Gasteiger partial charge in [0.05, 0.1) is 6.04 Å². The number of thioether (sulfide) groups is 1. The Morgan fingerprint density at radius 2 is 1.31 bits per heavy atom. The van der Waals surface area contributed by atoms with E-state index >= 15 is 0 Å². The lowest BCUT2D eigenvalue weighted by Gasteiger charge is -2.29. The van der Waals surface area contributed by atoms with Gasteiger partial charge in [0, 0.05) is 31.3 Å². The van der Waals surface area contributed by atoms with Gasteiger partial charge in [0.1, 0.15) is 18.1 Å². The van der Waals surface area contributed by atoms with Crippen LogP contribution >= 0.6 is 11.8 Å². The molecule has 1 aliphatic rings. The molecule has 4 atom stereocenters. The predicted octanol–water partition coefficient (Wildman–Crippen LogP) is 3.43. The molecule has 3 rings (SSSR count). The van der Waals surface area contributed by atoms with E-state index in [9.17, 15) is 19.2 Å². The summed E-state index contributed by atoms with van der Waals surface area (Å²) in [6.45, 7) is 10.3. The average molecular weight is 695 g/mol. The monoisotopic (exact) mass is 694 g/mol. The number of hydrogen-bond donors (Lipinski definition) is 5. The molecule has 0 radical (unpaired) electrons. The average Bonchev–Trinajstić information content (AvgIpc) is 3.37. The van der Waals surface area contributed by atoms with Crippen molar-refractivity contribution in [2.45, 2.75) is 103 Å². The third-order valence-corrected chi connectivity index (χ3v) is 9.64. The molecule has 49 heavy (non-hydrogen) atoms. The zero-order valence-electron chi connectivity index (χ0n) is 29.8. The Balaban J connectivity index is 1.78. The summed E-state index contributed by atoms with van der Waals surface area (Å²) in [5.74, 6) is 0.797. The number of carbonyl (C=O) groups excluding carboxylic acids is 4. The zero-order chi connectivity index (χ0) is 35.6. The van der Waals surface area contributed by atoms with Crippen LogP contribution in [0.25, 0.3) is 0 Å². The molecule has 0 saturated carbocycles. The van der Waals surface area contributed by atoms with Gasteiger partial charge in [-0.15, -0.1) is 0 Å². The van der Waals surface area contributed by atoms with Crippen molar-refractivity contribution in [1.82, 2.24) is 26.2 Å². The number of nitrogens with zero attached hydrogens (tertiary/aromatic N) is 1. The van der Waals surface area contributed by atoms with Crippen molar-refractivity contribution < 1.29 is 19.2 Å². The van der Waals surface area contributed by atoms with E-state index < -0.39 is 36.0 Å². The second kappa shape index (κ2) is 21.6. The maximum atomic E-state index is 14.0. The quantitative estimate of drug-likeness (QED) is 0.142. The van der Waals surface area contributed by atoms with Crippen molar-refractivity contribution in [2.75, 3.05) is 31.1 Å². The summed E-state index contributed by atoms with van der Waals surface area (Å²) in [6, 6.07) is 15.9. The number of nitrogens with two attached hydrogens (primary N) is 1.